The highest BCUT2D eigenvalue weighted by Gasteiger charge is 2.23. The smallest absolute Gasteiger partial charge is 0.307 e. The van der Waals surface area contributed by atoms with Crippen molar-refractivity contribution in [3.05, 3.63) is 56.6 Å². The Balaban J connectivity index is 1.65. The highest BCUT2D eigenvalue weighted by Crippen LogP contribution is 2.24. The van der Waals surface area contributed by atoms with E-state index in [-0.39, 0.29) is 23.4 Å². The van der Waals surface area contributed by atoms with Gasteiger partial charge in [-0.15, -0.1) is 0 Å². The molecule has 3 rings (SSSR count). The van der Waals surface area contributed by atoms with Gasteiger partial charge in [0, 0.05) is 17.6 Å². The van der Waals surface area contributed by atoms with Crippen LogP contribution in [0.2, 0.25) is 0 Å². The second-order valence-corrected chi connectivity index (χ2v) is 7.02. The van der Waals surface area contributed by atoms with Crippen LogP contribution < -0.4 is 10.2 Å². The van der Waals surface area contributed by atoms with Crippen molar-refractivity contribution in [2.75, 3.05) is 19.6 Å². The molecular formula is C18H23N3O2S. The highest BCUT2D eigenvalue weighted by atomic mass is 32.1. The molecule has 1 saturated heterocycles. The molecule has 1 atom stereocenters. The molecule has 0 bridgehead atoms. The van der Waals surface area contributed by atoms with E-state index in [4.69, 9.17) is 0 Å². The van der Waals surface area contributed by atoms with Crippen LogP contribution in [0.5, 0.6) is 0 Å². The van der Waals surface area contributed by atoms with Crippen molar-refractivity contribution in [2.45, 2.75) is 32.4 Å². The second kappa shape index (κ2) is 7.77. The van der Waals surface area contributed by atoms with E-state index in [0.717, 1.165) is 30.1 Å². The molecule has 0 aliphatic carbocycles. The number of amides is 1. The molecule has 1 fully saturated rings. The number of carbonyl (C=O) groups is 1. The molecule has 1 N–H and O–H groups in total. The molecule has 0 saturated carbocycles. The summed E-state index contributed by atoms with van der Waals surface area (Å²) in [5, 5.41) is 4.80. The fraction of sp³-hybridized carbons (Fsp3) is 0.444. The molecule has 1 aliphatic rings. The molecule has 1 amide bonds. The standard InChI is InChI=1S/C18H23N3O2S/c1-14-13-24-18(23)21(14)12-17(22)19-11-16(20-9-5-6-10-20)15-7-3-2-4-8-15/h2-4,7-8,13,16H,5-6,9-12H2,1H3,(H,19,22)/t16-/m0/s1. The van der Waals surface area contributed by atoms with E-state index < -0.39 is 0 Å². The van der Waals surface area contributed by atoms with E-state index in [0.29, 0.717) is 6.54 Å². The van der Waals surface area contributed by atoms with E-state index in [1.807, 2.05) is 25.1 Å². The Bertz CT molecular complexity index is 732. The third-order valence-electron chi connectivity index (χ3n) is 4.54. The summed E-state index contributed by atoms with van der Waals surface area (Å²) in [5.74, 6) is -0.112. The van der Waals surface area contributed by atoms with Gasteiger partial charge in [0.25, 0.3) is 0 Å². The van der Waals surface area contributed by atoms with Crippen LogP contribution in [0, 0.1) is 6.92 Å². The minimum Gasteiger partial charge on any atom is -0.353 e. The number of nitrogens with one attached hydrogen (secondary N) is 1. The van der Waals surface area contributed by atoms with Gasteiger partial charge in [-0.2, -0.15) is 0 Å². The number of thiazole rings is 1. The van der Waals surface area contributed by atoms with Crippen LogP contribution in [0.4, 0.5) is 0 Å². The summed E-state index contributed by atoms with van der Waals surface area (Å²) in [6.07, 6.45) is 2.42. The largest absolute Gasteiger partial charge is 0.353 e. The molecule has 6 heteroatoms. The third kappa shape index (κ3) is 3.94. The second-order valence-electron chi connectivity index (χ2n) is 6.20. The summed E-state index contributed by atoms with van der Waals surface area (Å²) in [5.41, 5.74) is 2.06. The molecule has 1 aromatic carbocycles. The predicted octanol–water partition coefficient (Wildman–Crippen LogP) is 2.17. The average molecular weight is 345 g/mol. The Kier molecular flexibility index (Phi) is 5.48. The minimum atomic E-state index is -0.112. The predicted molar refractivity (Wildman–Crippen MR) is 96.3 cm³/mol. The number of aryl methyl sites for hydroxylation is 1. The first kappa shape index (κ1) is 16.9. The summed E-state index contributed by atoms with van der Waals surface area (Å²) < 4.78 is 1.52. The first-order valence-electron chi connectivity index (χ1n) is 8.36. The van der Waals surface area contributed by atoms with Crippen LogP contribution in [0.25, 0.3) is 0 Å². The first-order chi connectivity index (χ1) is 11.6. The van der Waals surface area contributed by atoms with Crippen LogP contribution in [0.15, 0.2) is 40.5 Å². The number of hydrogen-bond acceptors (Lipinski definition) is 4. The van der Waals surface area contributed by atoms with Crippen molar-refractivity contribution in [1.82, 2.24) is 14.8 Å². The number of likely N-dealkylation sites (tertiary alicyclic amines) is 1. The maximum Gasteiger partial charge on any atom is 0.307 e. The molecule has 24 heavy (non-hydrogen) atoms. The van der Waals surface area contributed by atoms with Crippen LogP contribution >= 0.6 is 11.3 Å². The van der Waals surface area contributed by atoms with E-state index >= 15 is 0 Å². The van der Waals surface area contributed by atoms with Gasteiger partial charge >= 0.3 is 4.87 Å². The summed E-state index contributed by atoms with van der Waals surface area (Å²) in [4.78, 5) is 26.4. The van der Waals surface area contributed by atoms with E-state index in [1.54, 1.807) is 5.38 Å². The van der Waals surface area contributed by atoms with Crippen LogP contribution in [0.3, 0.4) is 0 Å². The van der Waals surface area contributed by atoms with E-state index in [1.165, 1.54) is 23.0 Å². The lowest BCUT2D eigenvalue weighted by Crippen LogP contribution is -2.39. The lowest BCUT2D eigenvalue weighted by atomic mass is 10.1. The number of hydrogen-bond donors (Lipinski definition) is 1. The fourth-order valence-corrected chi connectivity index (χ4v) is 3.93. The molecule has 0 unspecified atom stereocenters. The topological polar surface area (TPSA) is 54.3 Å². The van der Waals surface area contributed by atoms with Crippen LogP contribution in [-0.2, 0) is 11.3 Å². The number of rotatable bonds is 6. The monoisotopic (exact) mass is 345 g/mol. The summed E-state index contributed by atoms with van der Waals surface area (Å²) in [6.45, 7) is 4.65. The van der Waals surface area contributed by atoms with Crippen molar-refractivity contribution in [3.63, 3.8) is 0 Å². The molecule has 128 valence electrons. The Hall–Kier alpha value is -1.92. The molecule has 2 heterocycles. The Morgan fingerprint density at radius 2 is 1.96 bits per heavy atom. The molecule has 5 nitrogen and oxygen atoms in total. The average Bonchev–Trinajstić information content (AvgIpc) is 3.22. The van der Waals surface area contributed by atoms with E-state index in [2.05, 4.69) is 22.3 Å². The van der Waals surface area contributed by atoms with Gasteiger partial charge in [0.1, 0.15) is 6.54 Å². The van der Waals surface area contributed by atoms with Crippen molar-refractivity contribution < 1.29 is 4.79 Å². The van der Waals surface area contributed by atoms with Gasteiger partial charge in [-0.25, -0.2) is 0 Å². The lowest BCUT2D eigenvalue weighted by molar-refractivity contribution is -0.122. The van der Waals surface area contributed by atoms with Crippen molar-refractivity contribution in [1.29, 1.82) is 0 Å². The number of benzene rings is 1. The fourth-order valence-electron chi connectivity index (χ4n) is 3.19. The van der Waals surface area contributed by atoms with Crippen LogP contribution in [-0.4, -0.2) is 35.0 Å². The van der Waals surface area contributed by atoms with Crippen LogP contribution in [0.1, 0.15) is 30.1 Å². The minimum absolute atomic E-state index is 0.0817. The van der Waals surface area contributed by atoms with Gasteiger partial charge in [0.05, 0.1) is 6.04 Å². The van der Waals surface area contributed by atoms with Gasteiger partial charge in [-0.1, -0.05) is 41.7 Å². The lowest BCUT2D eigenvalue weighted by Gasteiger charge is -2.28. The van der Waals surface area contributed by atoms with E-state index in [9.17, 15) is 9.59 Å². The van der Waals surface area contributed by atoms with Gasteiger partial charge in [-0.3, -0.25) is 19.1 Å². The normalized spacial score (nSPS) is 16.2. The summed E-state index contributed by atoms with van der Waals surface area (Å²) in [6, 6.07) is 10.5. The zero-order valence-electron chi connectivity index (χ0n) is 13.9. The van der Waals surface area contributed by atoms with Gasteiger partial charge < -0.3 is 5.32 Å². The maximum atomic E-state index is 12.3. The molecule has 0 spiro atoms. The molecule has 2 aromatic rings. The quantitative estimate of drug-likeness (QED) is 0.873. The number of nitrogens with zero attached hydrogens (tertiary/aromatic N) is 2. The molecular weight excluding hydrogens is 322 g/mol. The Morgan fingerprint density at radius 3 is 2.58 bits per heavy atom. The zero-order chi connectivity index (χ0) is 16.9. The summed E-state index contributed by atoms with van der Waals surface area (Å²) in [7, 11) is 0. The first-order valence-corrected chi connectivity index (χ1v) is 9.24. The summed E-state index contributed by atoms with van der Waals surface area (Å²) >= 11 is 1.13. The van der Waals surface area contributed by atoms with Gasteiger partial charge in [-0.05, 0) is 38.4 Å². The maximum absolute atomic E-state index is 12.3. The van der Waals surface area contributed by atoms with Crippen molar-refractivity contribution in [2.24, 2.45) is 0 Å². The van der Waals surface area contributed by atoms with Gasteiger partial charge in [0.2, 0.25) is 5.91 Å². The molecule has 0 radical (unpaired) electrons. The Morgan fingerprint density at radius 1 is 1.25 bits per heavy atom. The number of carbonyl (C=O) groups excluding carboxylic acids is 1. The van der Waals surface area contributed by atoms with Crippen molar-refractivity contribution >= 4 is 17.2 Å². The third-order valence-corrected chi connectivity index (χ3v) is 5.42. The Labute approximate surface area is 145 Å². The van der Waals surface area contributed by atoms with Crippen molar-refractivity contribution in [3.8, 4) is 0 Å². The highest BCUT2D eigenvalue weighted by molar-refractivity contribution is 7.07. The zero-order valence-corrected chi connectivity index (χ0v) is 14.7. The number of aromatic nitrogens is 1. The van der Waals surface area contributed by atoms with Gasteiger partial charge in [0.15, 0.2) is 0 Å². The molecule has 1 aliphatic heterocycles. The molecule has 1 aromatic heterocycles. The SMILES string of the molecule is Cc1csc(=O)n1CC(=O)NC[C@@H](c1ccccc1)N1CCCC1.